The summed E-state index contributed by atoms with van der Waals surface area (Å²) < 4.78 is 4.73. The van der Waals surface area contributed by atoms with Gasteiger partial charge >= 0.3 is 0 Å². The van der Waals surface area contributed by atoms with Crippen molar-refractivity contribution in [1.82, 2.24) is 10.7 Å². The highest BCUT2D eigenvalue weighted by atomic mass is 16.6. The van der Waals surface area contributed by atoms with Crippen molar-refractivity contribution in [3.05, 3.63) is 0 Å². The van der Waals surface area contributed by atoms with E-state index >= 15 is 0 Å². The molecule has 60 valence electrons. The SMILES string of the molecule is C=NNCNC(O)OCC. The first-order valence-corrected chi connectivity index (χ1v) is 3.03. The monoisotopic (exact) mass is 147 g/mol. The van der Waals surface area contributed by atoms with Gasteiger partial charge in [0.05, 0.1) is 6.67 Å². The minimum absolute atomic E-state index is 0.338. The third-order valence-electron chi connectivity index (χ3n) is 0.792. The summed E-state index contributed by atoms with van der Waals surface area (Å²) in [6, 6.07) is 0. The average molecular weight is 147 g/mol. The molecule has 1 atom stereocenters. The second kappa shape index (κ2) is 6.47. The van der Waals surface area contributed by atoms with Gasteiger partial charge in [0.1, 0.15) is 0 Å². The number of rotatable bonds is 6. The van der Waals surface area contributed by atoms with Gasteiger partial charge in [-0.25, -0.2) is 0 Å². The molecule has 0 spiro atoms. The Morgan fingerprint density at radius 3 is 3.00 bits per heavy atom. The third-order valence-corrected chi connectivity index (χ3v) is 0.792. The van der Waals surface area contributed by atoms with Gasteiger partial charge in [0, 0.05) is 13.3 Å². The van der Waals surface area contributed by atoms with Crippen molar-refractivity contribution in [3.63, 3.8) is 0 Å². The molecule has 0 fully saturated rings. The summed E-state index contributed by atoms with van der Waals surface area (Å²) in [5.74, 6) is 0. The Morgan fingerprint density at radius 2 is 2.50 bits per heavy atom. The Bertz CT molecular complexity index is 89.0. The molecular weight excluding hydrogens is 134 g/mol. The Balaban J connectivity index is 3.04. The van der Waals surface area contributed by atoms with Crippen LogP contribution in [0, 0.1) is 0 Å². The fourth-order valence-corrected chi connectivity index (χ4v) is 0.406. The van der Waals surface area contributed by atoms with Crippen LogP contribution in [0.1, 0.15) is 6.92 Å². The number of hydrazone groups is 1. The zero-order chi connectivity index (χ0) is 7.82. The first-order valence-electron chi connectivity index (χ1n) is 3.03. The van der Waals surface area contributed by atoms with Gasteiger partial charge in [-0.3, -0.25) is 10.7 Å². The van der Waals surface area contributed by atoms with Gasteiger partial charge in [-0.2, -0.15) is 5.10 Å². The largest absolute Gasteiger partial charge is 0.356 e. The van der Waals surface area contributed by atoms with E-state index < -0.39 is 6.41 Å². The van der Waals surface area contributed by atoms with E-state index in [-0.39, 0.29) is 0 Å². The van der Waals surface area contributed by atoms with Crippen molar-refractivity contribution in [2.24, 2.45) is 5.10 Å². The second-order valence-corrected chi connectivity index (χ2v) is 1.50. The molecule has 5 heteroatoms. The van der Waals surface area contributed by atoms with E-state index in [4.69, 9.17) is 9.84 Å². The van der Waals surface area contributed by atoms with Gasteiger partial charge in [-0.05, 0) is 6.92 Å². The Hall–Kier alpha value is -0.650. The van der Waals surface area contributed by atoms with Crippen LogP contribution in [0.5, 0.6) is 0 Å². The molecule has 1 unspecified atom stereocenters. The lowest BCUT2D eigenvalue weighted by Crippen LogP contribution is -2.36. The fourth-order valence-electron chi connectivity index (χ4n) is 0.406. The molecule has 0 heterocycles. The first-order chi connectivity index (χ1) is 4.81. The van der Waals surface area contributed by atoms with Crippen LogP contribution in [0.25, 0.3) is 0 Å². The summed E-state index contributed by atoms with van der Waals surface area (Å²) in [5.41, 5.74) is 2.50. The van der Waals surface area contributed by atoms with E-state index in [1.165, 1.54) is 0 Å². The maximum atomic E-state index is 8.84. The van der Waals surface area contributed by atoms with Crippen molar-refractivity contribution in [1.29, 1.82) is 0 Å². The lowest BCUT2D eigenvalue weighted by atomic mass is 10.8. The van der Waals surface area contributed by atoms with Gasteiger partial charge in [0.25, 0.3) is 0 Å². The van der Waals surface area contributed by atoms with E-state index in [1.54, 1.807) is 6.92 Å². The molecule has 0 aliphatic rings. The summed E-state index contributed by atoms with van der Waals surface area (Å²) in [6.07, 6.45) is -0.931. The highest BCUT2D eigenvalue weighted by molar-refractivity contribution is 5.22. The van der Waals surface area contributed by atoms with Crippen LogP contribution < -0.4 is 10.7 Å². The zero-order valence-corrected chi connectivity index (χ0v) is 6.00. The number of nitrogens with one attached hydrogen (secondary N) is 2. The quantitative estimate of drug-likeness (QED) is 0.196. The van der Waals surface area contributed by atoms with Crippen molar-refractivity contribution < 1.29 is 9.84 Å². The molecule has 0 aliphatic carbocycles. The number of hydrogen-bond acceptors (Lipinski definition) is 5. The van der Waals surface area contributed by atoms with Crippen LogP contribution in [0.15, 0.2) is 5.10 Å². The van der Waals surface area contributed by atoms with Crippen molar-refractivity contribution in [2.45, 2.75) is 13.3 Å². The normalized spacial score (nSPS) is 12.6. The lowest BCUT2D eigenvalue weighted by molar-refractivity contribution is -0.116. The first kappa shape index (κ1) is 9.35. The molecule has 0 aromatic heterocycles. The molecule has 10 heavy (non-hydrogen) atoms. The molecule has 0 aliphatic heterocycles. The smallest absolute Gasteiger partial charge is 0.214 e. The van der Waals surface area contributed by atoms with Gasteiger partial charge in [0.2, 0.25) is 6.41 Å². The molecule has 5 nitrogen and oxygen atoms in total. The van der Waals surface area contributed by atoms with E-state index in [0.717, 1.165) is 0 Å². The highest BCUT2D eigenvalue weighted by Crippen LogP contribution is 1.77. The van der Waals surface area contributed by atoms with Crippen LogP contribution in [-0.4, -0.2) is 31.5 Å². The van der Waals surface area contributed by atoms with Gasteiger partial charge < -0.3 is 9.84 Å². The Labute approximate surface area is 60.1 Å². The zero-order valence-electron chi connectivity index (χ0n) is 6.00. The maximum absolute atomic E-state index is 8.84. The molecular formula is C5H13N3O2. The number of nitrogens with zero attached hydrogens (tertiary/aromatic N) is 1. The van der Waals surface area contributed by atoms with E-state index in [1.807, 2.05) is 0 Å². The molecule has 3 N–H and O–H groups in total. The molecule has 0 saturated carbocycles. The molecule has 0 saturated heterocycles. The number of ether oxygens (including phenoxy) is 1. The van der Waals surface area contributed by atoms with E-state index in [9.17, 15) is 0 Å². The average Bonchev–Trinajstić information content (AvgIpc) is 1.89. The lowest BCUT2D eigenvalue weighted by Gasteiger charge is -2.10. The predicted octanol–water partition coefficient (Wildman–Crippen LogP) is -0.949. The van der Waals surface area contributed by atoms with Crippen molar-refractivity contribution in [3.8, 4) is 0 Å². The van der Waals surface area contributed by atoms with Crippen molar-refractivity contribution >= 4 is 6.72 Å². The molecule has 0 amide bonds. The fraction of sp³-hybridized carbons (Fsp3) is 0.800. The second-order valence-electron chi connectivity index (χ2n) is 1.50. The van der Waals surface area contributed by atoms with Crippen LogP contribution in [0.2, 0.25) is 0 Å². The minimum Gasteiger partial charge on any atom is -0.356 e. The third kappa shape index (κ3) is 5.49. The maximum Gasteiger partial charge on any atom is 0.214 e. The number of hydrogen-bond donors (Lipinski definition) is 3. The van der Waals surface area contributed by atoms with Gasteiger partial charge in [-0.15, -0.1) is 0 Å². The van der Waals surface area contributed by atoms with Crippen molar-refractivity contribution in [2.75, 3.05) is 13.3 Å². The standard InChI is InChI=1S/C5H13N3O2/c1-3-10-5(9)7-4-8-6-2/h5,7-9H,2-4H2,1H3. The molecule has 0 bridgehead atoms. The van der Waals surface area contributed by atoms with E-state index in [0.29, 0.717) is 13.3 Å². The summed E-state index contributed by atoms with van der Waals surface area (Å²) in [4.78, 5) is 0. The van der Waals surface area contributed by atoms with Gasteiger partial charge in [0.15, 0.2) is 0 Å². The summed E-state index contributed by atoms with van der Waals surface area (Å²) in [5, 5.41) is 14.8. The minimum atomic E-state index is -0.931. The van der Waals surface area contributed by atoms with Gasteiger partial charge in [-0.1, -0.05) is 0 Å². The summed E-state index contributed by atoms with van der Waals surface area (Å²) in [7, 11) is 0. The number of aliphatic hydroxyl groups excluding tert-OH is 1. The molecule has 0 rings (SSSR count). The topological polar surface area (TPSA) is 65.9 Å². The summed E-state index contributed by atoms with van der Waals surface area (Å²) >= 11 is 0. The van der Waals surface area contributed by atoms with Crippen LogP contribution >= 0.6 is 0 Å². The predicted molar refractivity (Wildman–Crippen MR) is 38.3 cm³/mol. The molecule has 0 aromatic carbocycles. The van der Waals surface area contributed by atoms with Crippen LogP contribution in [0.3, 0.4) is 0 Å². The highest BCUT2D eigenvalue weighted by Gasteiger charge is 1.97. The molecule has 0 aromatic rings. The Morgan fingerprint density at radius 1 is 1.80 bits per heavy atom. The van der Waals surface area contributed by atoms with Crippen LogP contribution in [0.4, 0.5) is 0 Å². The summed E-state index contributed by atoms with van der Waals surface area (Å²) in [6.45, 7) is 5.78. The number of aliphatic hydroxyl groups is 1. The Kier molecular flexibility index (Phi) is 6.05. The van der Waals surface area contributed by atoms with Crippen LogP contribution in [-0.2, 0) is 4.74 Å². The molecule has 0 radical (unpaired) electrons. The van der Waals surface area contributed by atoms with E-state index in [2.05, 4.69) is 22.6 Å².